The van der Waals surface area contributed by atoms with Gasteiger partial charge in [0, 0.05) is 11.8 Å². The normalized spacial score (nSPS) is 35.4. The standard InChI is InChI=1S/C33H32O2/c34-32(35-24-6-2-1-3-7-24)30-16-28-25-8-4-5-9-27(25)31(30)29-15-23(10-11-26(28)29)33-17-20-12-21(18-33)14-22(13-20)19-33/h1-11,15,20-22,28,30-31H,12-14,16-19H2. The van der Waals surface area contributed by atoms with E-state index in [-0.39, 0.29) is 23.7 Å². The van der Waals surface area contributed by atoms with Crippen molar-refractivity contribution in [2.45, 2.75) is 62.2 Å². The summed E-state index contributed by atoms with van der Waals surface area (Å²) in [6, 6.07) is 25.9. The number of ether oxygens (including phenoxy) is 1. The first-order valence-corrected chi connectivity index (χ1v) is 13.7. The Labute approximate surface area is 207 Å². The van der Waals surface area contributed by atoms with E-state index in [9.17, 15) is 4.79 Å². The number of fused-ring (bicyclic) bond motifs is 1. The Morgan fingerprint density at radius 2 is 1.31 bits per heavy atom. The third-order valence-electron chi connectivity index (χ3n) is 10.3. The van der Waals surface area contributed by atoms with Crippen LogP contribution < -0.4 is 4.74 Å². The molecule has 35 heavy (non-hydrogen) atoms. The molecule has 10 rings (SSSR count). The van der Waals surface area contributed by atoms with E-state index in [4.69, 9.17) is 4.74 Å². The Kier molecular flexibility index (Phi) is 4.25. The van der Waals surface area contributed by atoms with Crippen molar-refractivity contribution in [2.75, 3.05) is 0 Å². The van der Waals surface area contributed by atoms with E-state index in [1.54, 1.807) is 5.56 Å². The van der Waals surface area contributed by atoms with Gasteiger partial charge in [-0.15, -0.1) is 0 Å². The lowest BCUT2D eigenvalue weighted by molar-refractivity contribution is -0.140. The minimum atomic E-state index is -0.130. The van der Waals surface area contributed by atoms with Gasteiger partial charge in [0.2, 0.25) is 0 Å². The molecule has 7 aliphatic rings. The number of benzene rings is 3. The largest absolute Gasteiger partial charge is 0.426 e. The zero-order valence-electron chi connectivity index (χ0n) is 20.2. The van der Waals surface area contributed by atoms with Crippen molar-refractivity contribution in [2.24, 2.45) is 23.7 Å². The quantitative estimate of drug-likeness (QED) is 0.301. The first-order valence-electron chi connectivity index (χ1n) is 13.7. The van der Waals surface area contributed by atoms with Gasteiger partial charge in [-0.2, -0.15) is 0 Å². The van der Waals surface area contributed by atoms with Gasteiger partial charge in [0.15, 0.2) is 0 Å². The van der Waals surface area contributed by atoms with Crippen molar-refractivity contribution in [3.8, 4) is 5.75 Å². The average Bonchev–Trinajstić information content (AvgIpc) is 2.88. The monoisotopic (exact) mass is 460 g/mol. The summed E-state index contributed by atoms with van der Waals surface area (Å²) in [6.45, 7) is 0. The second kappa shape index (κ2) is 7.32. The molecule has 3 aromatic rings. The fourth-order valence-electron chi connectivity index (χ4n) is 9.39. The molecule has 3 unspecified atom stereocenters. The van der Waals surface area contributed by atoms with Crippen molar-refractivity contribution in [3.63, 3.8) is 0 Å². The molecular formula is C33H32O2. The summed E-state index contributed by atoms with van der Waals surface area (Å²) in [5, 5.41) is 0. The molecule has 7 aliphatic carbocycles. The van der Waals surface area contributed by atoms with Gasteiger partial charge in [-0.3, -0.25) is 4.79 Å². The van der Waals surface area contributed by atoms with E-state index in [0.717, 1.165) is 24.2 Å². The van der Waals surface area contributed by atoms with Gasteiger partial charge in [0.1, 0.15) is 5.75 Å². The van der Waals surface area contributed by atoms with Crippen LogP contribution in [-0.2, 0) is 10.2 Å². The van der Waals surface area contributed by atoms with Gasteiger partial charge in [0.25, 0.3) is 0 Å². The fraction of sp³-hybridized carbons (Fsp3) is 0.424. The molecule has 4 saturated carbocycles. The van der Waals surface area contributed by atoms with E-state index >= 15 is 0 Å². The summed E-state index contributed by atoms with van der Waals surface area (Å²) in [5.41, 5.74) is 7.55. The second-order valence-electron chi connectivity index (χ2n) is 12.3. The molecule has 0 spiro atoms. The molecule has 0 aromatic heterocycles. The Balaban J connectivity index is 1.21. The zero-order valence-corrected chi connectivity index (χ0v) is 20.2. The number of para-hydroxylation sites is 1. The molecule has 176 valence electrons. The van der Waals surface area contributed by atoms with Crippen molar-refractivity contribution >= 4 is 5.97 Å². The maximum atomic E-state index is 13.6. The highest BCUT2D eigenvalue weighted by molar-refractivity contribution is 5.80. The van der Waals surface area contributed by atoms with Crippen LogP contribution in [0.25, 0.3) is 0 Å². The number of hydrogen-bond acceptors (Lipinski definition) is 2. The third-order valence-corrected chi connectivity index (χ3v) is 10.3. The lowest BCUT2D eigenvalue weighted by Gasteiger charge is -2.57. The van der Waals surface area contributed by atoms with Crippen LogP contribution in [0.15, 0.2) is 72.8 Å². The van der Waals surface area contributed by atoms with Crippen LogP contribution in [-0.4, -0.2) is 5.97 Å². The van der Waals surface area contributed by atoms with Crippen LogP contribution in [0.4, 0.5) is 0 Å². The number of esters is 1. The molecule has 0 heterocycles. The summed E-state index contributed by atoms with van der Waals surface area (Å²) >= 11 is 0. The minimum absolute atomic E-state index is 0.0773. The lowest BCUT2D eigenvalue weighted by Crippen LogP contribution is -2.48. The number of hydrogen-bond donors (Lipinski definition) is 0. The first-order chi connectivity index (χ1) is 17.2. The second-order valence-corrected chi connectivity index (χ2v) is 12.3. The van der Waals surface area contributed by atoms with Crippen molar-refractivity contribution in [3.05, 3.63) is 101 Å². The van der Waals surface area contributed by atoms with Crippen LogP contribution in [0, 0.1) is 23.7 Å². The molecule has 3 aromatic carbocycles. The highest BCUT2D eigenvalue weighted by Gasteiger charge is 2.53. The van der Waals surface area contributed by atoms with Gasteiger partial charge < -0.3 is 4.74 Å². The smallest absolute Gasteiger partial charge is 0.315 e. The lowest BCUT2D eigenvalue weighted by atomic mass is 9.47. The predicted octanol–water partition coefficient (Wildman–Crippen LogP) is 7.36. The molecule has 4 fully saturated rings. The van der Waals surface area contributed by atoms with Crippen LogP contribution in [0.5, 0.6) is 5.75 Å². The van der Waals surface area contributed by atoms with E-state index < -0.39 is 0 Å². The van der Waals surface area contributed by atoms with Crippen LogP contribution in [0.3, 0.4) is 0 Å². The van der Waals surface area contributed by atoms with Gasteiger partial charge in [-0.25, -0.2) is 0 Å². The van der Waals surface area contributed by atoms with Crippen LogP contribution >= 0.6 is 0 Å². The first kappa shape index (κ1) is 20.3. The van der Waals surface area contributed by atoms with E-state index in [2.05, 4.69) is 42.5 Å². The molecule has 0 aliphatic heterocycles. The van der Waals surface area contributed by atoms with E-state index in [1.807, 2.05) is 30.3 Å². The Bertz CT molecular complexity index is 1290. The van der Waals surface area contributed by atoms with Crippen molar-refractivity contribution < 1.29 is 9.53 Å². The summed E-state index contributed by atoms with van der Waals surface area (Å²) < 4.78 is 5.93. The molecule has 6 bridgehead atoms. The Hall–Kier alpha value is -2.87. The molecule has 2 heteroatoms. The molecule has 0 radical (unpaired) electrons. The molecule has 0 amide bonds. The van der Waals surface area contributed by atoms with Gasteiger partial charge in [-0.05, 0) is 108 Å². The molecule has 3 atom stereocenters. The molecular weight excluding hydrogens is 428 g/mol. The summed E-state index contributed by atoms with van der Waals surface area (Å²) in [6.07, 6.45) is 9.38. The Morgan fingerprint density at radius 3 is 2.03 bits per heavy atom. The fourth-order valence-corrected chi connectivity index (χ4v) is 9.39. The SMILES string of the molecule is O=C(Oc1ccccc1)C1CC2c3ccccc3C1c1cc(C34CC5CC(CC(C5)C3)C4)ccc12. The van der Waals surface area contributed by atoms with Gasteiger partial charge >= 0.3 is 5.97 Å². The molecule has 2 nitrogen and oxygen atoms in total. The van der Waals surface area contributed by atoms with E-state index in [0.29, 0.717) is 11.2 Å². The van der Waals surface area contributed by atoms with Gasteiger partial charge in [-0.1, -0.05) is 60.7 Å². The number of carbonyl (C=O) groups is 1. The predicted molar refractivity (Wildman–Crippen MR) is 137 cm³/mol. The van der Waals surface area contributed by atoms with Gasteiger partial charge in [0.05, 0.1) is 5.92 Å². The molecule has 0 saturated heterocycles. The highest BCUT2D eigenvalue weighted by atomic mass is 16.5. The summed E-state index contributed by atoms with van der Waals surface area (Å²) in [5.74, 6) is 3.62. The topological polar surface area (TPSA) is 26.3 Å². The highest BCUT2D eigenvalue weighted by Crippen LogP contribution is 2.62. The number of carbonyl (C=O) groups excluding carboxylic acids is 1. The minimum Gasteiger partial charge on any atom is -0.426 e. The van der Waals surface area contributed by atoms with Crippen molar-refractivity contribution in [1.82, 2.24) is 0 Å². The van der Waals surface area contributed by atoms with E-state index in [1.165, 1.54) is 60.8 Å². The summed E-state index contributed by atoms with van der Waals surface area (Å²) in [7, 11) is 0. The Morgan fingerprint density at radius 1 is 0.686 bits per heavy atom. The van der Waals surface area contributed by atoms with Crippen LogP contribution in [0.1, 0.15) is 84.6 Å². The van der Waals surface area contributed by atoms with Crippen molar-refractivity contribution in [1.29, 1.82) is 0 Å². The van der Waals surface area contributed by atoms with Crippen LogP contribution in [0.2, 0.25) is 0 Å². The third kappa shape index (κ3) is 2.98. The maximum absolute atomic E-state index is 13.6. The average molecular weight is 461 g/mol. The molecule has 0 N–H and O–H groups in total. The summed E-state index contributed by atoms with van der Waals surface area (Å²) in [4.78, 5) is 13.6. The number of rotatable bonds is 3. The maximum Gasteiger partial charge on any atom is 0.315 e. The zero-order chi connectivity index (χ0) is 23.1.